The van der Waals surface area contributed by atoms with Crippen molar-refractivity contribution >= 4 is 21.6 Å². The Bertz CT molecular complexity index is 987. The maximum atomic E-state index is 12.8. The van der Waals surface area contributed by atoms with E-state index in [1.54, 1.807) is 18.4 Å². The molecule has 1 N–H and O–H groups in total. The highest BCUT2D eigenvalue weighted by Gasteiger charge is 2.19. The van der Waals surface area contributed by atoms with Crippen molar-refractivity contribution in [1.29, 1.82) is 0 Å². The molecule has 1 aromatic carbocycles. The summed E-state index contributed by atoms with van der Waals surface area (Å²) in [4.78, 5) is 22.9. The Morgan fingerprint density at radius 1 is 1.16 bits per heavy atom. The number of nitrogens with zero attached hydrogens (tertiary/aromatic N) is 1. The number of aryl methyl sites for hydroxylation is 3. The molecule has 25 heavy (non-hydrogen) atoms. The second-order valence-corrected chi connectivity index (χ2v) is 7.78. The van der Waals surface area contributed by atoms with Crippen LogP contribution in [0.4, 0.5) is 0 Å². The number of ether oxygens (including phenoxy) is 1. The Balaban J connectivity index is 1.86. The van der Waals surface area contributed by atoms with Crippen molar-refractivity contribution in [1.82, 2.24) is 9.97 Å². The van der Waals surface area contributed by atoms with Crippen LogP contribution < -0.4 is 10.3 Å². The fraction of sp³-hybridized carbons (Fsp3) is 0.400. The first-order valence-corrected chi connectivity index (χ1v) is 9.68. The zero-order valence-corrected chi connectivity index (χ0v) is 15.5. The van der Waals surface area contributed by atoms with Gasteiger partial charge in [-0.3, -0.25) is 4.79 Å². The molecule has 0 bridgehead atoms. The summed E-state index contributed by atoms with van der Waals surface area (Å²) in [7, 11) is 1.65. The fourth-order valence-corrected chi connectivity index (χ4v) is 4.94. The maximum Gasteiger partial charge on any atom is 0.260 e. The number of thiophene rings is 1. The number of nitrogens with one attached hydrogen (secondary N) is 1. The van der Waals surface area contributed by atoms with Gasteiger partial charge < -0.3 is 9.72 Å². The molecule has 0 aliphatic heterocycles. The minimum atomic E-state index is -0.00621. The third-order valence-electron chi connectivity index (χ3n) is 5.01. The molecule has 5 heteroatoms. The molecule has 2 aromatic heterocycles. The molecular formula is C20H22N2O2S. The molecule has 130 valence electrons. The van der Waals surface area contributed by atoms with Crippen molar-refractivity contribution in [2.45, 2.75) is 45.4 Å². The third kappa shape index (κ3) is 2.97. The molecule has 0 unspecified atom stereocenters. The van der Waals surface area contributed by atoms with Crippen LogP contribution in [0, 0.1) is 6.92 Å². The van der Waals surface area contributed by atoms with Crippen LogP contribution in [0.5, 0.6) is 5.75 Å². The quantitative estimate of drug-likeness (QED) is 0.730. The Morgan fingerprint density at radius 3 is 2.72 bits per heavy atom. The lowest BCUT2D eigenvalue weighted by molar-refractivity contribution is 0.414. The summed E-state index contributed by atoms with van der Waals surface area (Å²) in [5.74, 6) is 1.45. The van der Waals surface area contributed by atoms with E-state index in [1.807, 2.05) is 25.1 Å². The third-order valence-corrected chi connectivity index (χ3v) is 6.20. The van der Waals surface area contributed by atoms with Gasteiger partial charge in [0.05, 0.1) is 12.5 Å². The van der Waals surface area contributed by atoms with Gasteiger partial charge in [-0.2, -0.15) is 0 Å². The van der Waals surface area contributed by atoms with Crippen molar-refractivity contribution in [3.05, 3.63) is 44.6 Å². The Hall–Kier alpha value is -2.14. The van der Waals surface area contributed by atoms with Crippen molar-refractivity contribution in [3.63, 3.8) is 0 Å². The summed E-state index contributed by atoms with van der Waals surface area (Å²) in [5, 5.41) is 0.816. The van der Waals surface area contributed by atoms with Crippen LogP contribution in [0.2, 0.25) is 0 Å². The van der Waals surface area contributed by atoms with E-state index in [-0.39, 0.29) is 5.56 Å². The molecule has 4 rings (SSSR count). The van der Waals surface area contributed by atoms with Crippen LogP contribution in [-0.2, 0) is 12.8 Å². The maximum absolute atomic E-state index is 12.8. The average Bonchev–Trinajstić information content (AvgIpc) is 2.91. The highest BCUT2D eigenvalue weighted by molar-refractivity contribution is 7.18. The molecular weight excluding hydrogens is 332 g/mol. The van der Waals surface area contributed by atoms with E-state index in [9.17, 15) is 4.79 Å². The Labute approximate surface area is 150 Å². The van der Waals surface area contributed by atoms with E-state index in [0.29, 0.717) is 5.82 Å². The number of aromatic nitrogens is 2. The van der Waals surface area contributed by atoms with E-state index in [2.05, 4.69) is 4.98 Å². The van der Waals surface area contributed by atoms with E-state index in [4.69, 9.17) is 9.72 Å². The number of rotatable bonds is 2. The molecule has 0 radical (unpaired) electrons. The monoisotopic (exact) mass is 354 g/mol. The van der Waals surface area contributed by atoms with E-state index in [1.165, 1.54) is 29.7 Å². The topological polar surface area (TPSA) is 55.0 Å². The Morgan fingerprint density at radius 2 is 1.96 bits per heavy atom. The van der Waals surface area contributed by atoms with Gasteiger partial charge in [0.1, 0.15) is 16.4 Å². The van der Waals surface area contributed by atoms with Crippen LogP contribution in [0.3, 0.4) is 0 Å². The first-order valence-electron chi connectivity index (χ1n) is 8.87. The normalized spacial score (nSPS) is 14.8. The van der Waals surface area contributed by atoms with Gasteiger partial charge in [-0.25, -0.2) is 4.98 Å². The zero-order valence-electron chi connectivity index (χ0n) is 14.6. The highest BCUT2D eigenvalue weighted by Crippen LogP contribution is 2.33. The molecule has 2 heterocycles. The number of hydrogen-bond donors (Lipinski definition) is 1. The van der Waals surface area contributed by atoms with E-state index >= 15 is 0 Å². The fourth-order valence-electron chi connectivity index (χ4n) is 3.67. The summed E-state index contributed by atoms with van der Waals surface area (Å²) in [5.41, 5.74) is 3.22. The van der Waals surface area contributed by atoms with Gasteiger partial charge in [0, 0.05) is 10.4 Å². The van der Waals surface area contributed by atoms with Crippen molar-refractivity contribution in [2.24, 2.45) is 0 Å². The number of methoxy groups -OCH3 is 1. The first-order chi connectivity index (χ1) is 12.2. The molecule has 0 fully saturated rings. The number of fused-ring (bicyclic) bond motifs is 3. The second kappa shape index (κ2) is 6.64. The van der Waals surface area contributed by atoms with Crippen molar-refractivity contribution in [3.8, 4) is 17.1 Å². The average molecular weight is 354 g/mol. The summed E-state index contributed by atoms with van der Waals surface area (Å²) in [6.07, 6.45) is 6.99. The van der Waals surface area contributed by atoms with Crippen molar-refractivity contribution < 1.29 is 4.74 Å². The largest absolute Gasteiger partial charge is 0.497 e. The van der Waals surface area contributed by atoms with Gasteiger partial charge in [-0.1, -0.05) is 12.8 Å². The highest BCUT2D eigenvalue weighted by atomic mass is 32.1. The van der Waals surface area contributed by atoms with Gasteiger partial charge in [0.25, 0.3) is 5.56 Å². The molecule has 0 saturated carbocycles. The van der Waals surface area contributed by atoms with Crippen LogP contribution >= 0.6 is 11.3 Å². The van der Waals surface area contributed by atoms with Crippen molar-refractivity contribution in [2.75, 3.05) is 7.11 Å². The lowest BCUT2D eigenvalue weighted by Gasteiger charge is -2.09. The van der Waals surface area contributed by atoms with Crippen LogP contribution in [0.15, 0.2) is 23.0 Å². The van der Waals surface area contributed by atoms with Crippen LogP contribution in [-0.4, -0.2) is 17.1 Å². The van der Waals surface area contributed by atoms with Gasteiger partial charge in [0.2, 0.25) is 0 Å². The Kier molecular flexibility index (Phi) is 4.34. The molecule has 0 atom stereocenters. The number of benzene rings is 1. The minimum Gasteiger partial charge on any atom is -0.497 e. The SMILES string of the molecule is COc1ccc(-c2nc3sc4c(c3c(=O)[nH]2)CCCCCC4)c(C)c1. The summed E-state index contributed by atoms with van der Waals surface area (Å²) in [6.45, 7) is 2.01. The molecule has 0 spiro atoms. The second-order valence-electron chi connectivity index (χ2n) is 6.69. The van der Waals surface area contributed by atoms with E-state index < -0.39 is 0 Å². The smallest absolute Gasteiger partial charge is 0.260 e. The molecule has 1 aliphatic rings. The van der Waals surface area contributed by atoms with Gasteiger partial charge in [-0.15, -0.1) is 11.3 Å². The molecule has 4 nitrogen and oxygen atoms in total. The summed E-state index contributed by atoms with van der Waals surface area (Å²) in [6, 6.07) is 5.83. The predicted molar refractivity (Wildman–Crippen MR) is 103 cm³/mol. The lowest BCUT2D eigenvalue weighted by atomic mass is 9.98. The number of aromatic amines is 1. The van der Waals surface area contributed by atoms with Crippen LogP contribution in [0.25, 0.3) is 21.6 Å². The van der Waals surface area contributed by atoms with E-state index in [0.717, 1.165) is 46.4 Å². The predicted octanol–water partition coefficient (Wildman–Crippen LogP) is 4.63. The molecule has 0 saturated heterocycles. The number of H-pyrrole nitrogens is 1. The first kappa shape index (κ1) is 16.3. The van der Waals surface area contributed by atoms with Gasteiger partial charge in [0.15, 0.2) is 0 Å². The summed E-state index contributed by atoms with van der Waals surface area (Å²) < 4.78 is 5.27. The number of hydrogen-bond acceptors (Lipinski definition) is 4. The van der Waals surface area contributed by atoms with Gasteiger partial charge in [-0.05, 0) is 61.9 Å². The zero-order chi connectivity index (χ0) is 17.4. The van der Waals surface area contributed by atoms with Crippen LogP contribution in [0.1, 0.15) is 41.7 Å². The molecule has 0 amide bonds. The molecule has 1 aliphatic carbocycles. The van der Waals surface area contributed by atoms with Gasteiger partial charge >= 0.3 is 0 Å². The molecule has 3 aromatic rings. The summed E-state index contributed by atoms with van der Waals surface area (Å²) >= 11 is 1.70. The standard InChI is InChI=1S/C20H22N2O2S/c1-12-11-13(24-2)9-10-14(12)18-21-19(23)17-15-7-5-3-4-6-8-16(15)25-20(17)22-18/h9-11H,3-8H2,1-2H3,(H,21,22,23). The minimum absolute atomic E-state index is 0.00621. The lowest BCUT2D eigenvalue weighted by Crippen LogP contribution is -2.11.